The largest absolute Gasteiger partial charge is 0.356 e. The molecule has 1 heterocycles. The van der Waals surface area contributed by atoms with Crippen molar-refractivity contribution in [2.75, 3.05) is 0 Å². The van der Waals surface area contributed by atoms with Crippen LogP contribution in [0.3, 0.4) is 0 Å². The number of epoxide rings is 1. The first kappa shape index (κ1) is 9.43. The van der Waals surface area contributed by atoms with Crippen molar-refractivity contribution in [3.8, 4) is 0 Å². The zero-order chi connectivity index (χ0) is 11.3. The molecule has 1 aliphatic heterocycles. The van der Waals surface area contributed by atoms with Gasteiger partial charge in [-0.1, -0.05) is 54.6 Å². The van der Waals surface area contributed by atoms with Crippen molar-refractivity contribution in [1.29, 1.82) is 0 Å². The van der Waals surface area contributed by atoms with Crippen LogP contribution >= 0.6 is 0 Å². The van der Waals surface area contributed by atoms with E-state index in [0.29, 0.717) is 6.10 Å². The predicted molar refractivity (Wildman–Crippen MR) is 66.9 cm³/mol. The zero-order valence-electron chi connectivity index (χ0n) is 9.60. The first-order valence-corrected chi connectivity index (χ1v) is 6.23. The molecule has 0 amide bonds. The van der Waals surface area contributed by atoms with Gasteiger partial charge in [-0.05, 0) is 29.5 Å². The molecule has 2 aliphatic rings. The Morgan fingerprint density at radius 2 is 1.71 bits per heavy atom. The minimum atomic E-state index is -0.129. The quantitative estimate of drug-likeness (QED) is 0.675. The standard InChI is InChI=1S/C16H14O/c1-2-7-13(8-3-1)16-14-9-5-4-6-12(14)10-11-15(16)17-16/h1-9,15H,10-11H2/t15-,16-/m1/s1. The Balaban J connectivity index is 1.92. The molecule has 4 rings (SSSR count). The molecular weight excluding hydrogens is 208 g/mol. The Morgan fingerprint density at radius 1 is 0.941 bits per heavy atom. The van der Waals surface area contributed by atoms with Crippen LogP contribution in [0.2, 0.25) is 0 Å². The Morgan fingerprint density at radius 3 is 2.59 bits per heavy atom. The molecule has 1 fully saturated rings. The van der Waals surface area contributed by atoms with Crippen LogP contribution in [-0.2, 0) is 16.8 Å². The summed E-state index contributed by atoms with van der Waals surface area (Å²) in [6.45, 7) is 0. The highest BCUT2D eigenvalue weighted by Gasteiger charge is 2.60. The van der Waals surface area contributed by atoms with Crippen LogP contribution in [0.1, 0.15) is 23.1 Å². The van der Waals surface area contributed by atoms with Crippen LogP contribution in [0.25, 0.3) is 0 Å². The van der Waals surface area contributed by atoms with E-state index in [2.05, 4.69) is 54.6 Å². The fraction of sp³-hybridized carbons (Fsp3) is 0.250. The van der Waals surface area contributed by atoms with E-state index in [9.17, 15) is 0 Å². The highest BCUT2D eigenvalue weighted by atomic mass is 16.6. The second kappa shape index (κ2) is 3.21. The molecule has 0 unspecified atom stereocenters. The van der Waals surface area contributed by atoms with E-state index in [0.717, 1.165) is 12.8 Å². The van der Waals surface area contributed by atoms with Crippen molar-refractivity contribution >= 4 is 0 Å². The minimum Gasteiger partial charge on any atom is -0.356 e. The maximum Gasteiger partial charge on any atom is 0.145 e. The van der Waals surface area contributed by atoms with Gasteiger partial charge in [0.25, 0.3) is 0 Å². The van der Waals surface area contributed by atoms with Crippen LogP contribution in [0.4, 0.5) is 0 Å². The number of hydrogen-bond acceptors (Lipinski definition) is 1. The number of ether oxygens (including phenoxy) is 1. The van der Waals surface area contributed by atoms with E-state index in [-0.39, 0.29) is 5.60 Å². The highest BCUT2D eigenvalue weighted by molar-refractivity contribution is 5.49. The molecule has 1 heteroatoms. The Labute approximate surface area is 101 Å². The smallest absolute Gasteiger partial charge is 0.145 e. The van der Waals surface area contributed by atoms with Crippen molar-refractivity contribution in [2.24, 2.45) is 0 Å². The molecule has 0 spiro atoms. The van der Waals surface area contributed by atoms with Gasteiger partial charge in [0, 0.05) is 0 Å². The van der Waals surface area contributed by atoms with Crippen LogP contribution < -0.4 is 0 Å². The summed E-state index contributed by atoms with van der Waals surface area (Å²) < 4.78 is 6.08. The maximum absolute atomic E-state index is 6.08. The summed E-state index contributed by atoms with van der Waals surface area (Å²) in [7, 11) is 0. The fourth-order valence-corrected chi connectivity index (χ4v) is 3.17. The van der Waals surface area contributed by atoms with Crippen molar-refractivity contribution in [1.82, 2.24) is 0 Å². The lowest BCUT2D eigenvalue weighted by Gasteiger charge is -2.21. The van der Waals surface area contributed by atoms with Gasteiger partial charge in [-0.15, -0.1) is 0 Å². The second-order valence-electron chi connectivity index (χ2n) is 4.90. The average Bonchev–Trinajstić information content (AvgIpc) is 3.16. The minimum absolute atomic E-state index is 0.129. The van der Waals surface area contributed by atoms with E-state index in [1.165, 1.54) is 16.7 Å². The van der Waals surface area contributed by atoms with Crippen LogP contribution in [0.5, 0.6) is 0 Å². The van der Waals surface area contributed by atoms with Crippen LogP contribution in [-0.4, -0.2) is 6.10 Å². The Hall–Kier alpha value is -1.60. The third-order valence-electron chi connectivity index (χ3n) is 4.02. The molecule has 2 aromatic carbocycles. The first-order valence-electron chi connectivity index (χ1n) is 6.23. The summed E-state index contributed by atoms with van der Waals surface area (Å²) in [4.78, 5) is 0. The summed E-state index contributed by atoms with van der Waals surface area (Å²) in [6, 6.07) is 19.3. The molecule has 2 aromatic rings. The Kier molecular flexibility index (Phi) is 1.78. The number of rotatable bonds is 1. The van der Waals surface area contributed by atoms with Gasteiger partial charge in [0.1, 0.15) is 5.60 Å². The molecule has 1 saturated heterocycles. The molecular formula is C16H14O. The SMILES string of the molecule is c1ccc([C@]23O[C@@H]2CCc2ccccc23)cc1. The second-order valence-corrected chi connectivity index (χ2v) is 4.90. The number of fused-ring (bicyclic) bond motifs is 3. The molecule has 1 nitrogen and oxygen atoms in total. The maximum atomic E-state index is 6.08. The van der Waals surface area contributed by atoms with E-state index in [1.54, 1.807) is 0 Å². The topological polar surface area (TPSA) is 12.5 Å². The van der Waals surface area contributed by atoms with Crippen molar-refractivity contribution in [2.45, 2.75) is 24.5 Å². The monoisotopic (exact) mass is 222 g/mol. The van der Waals surface area contributed by atoms with Crippen molar-refractivity contribution < 1.29 is 4.74 Å². The van der Waals surface area contributed by atoms with E-state index in [4.69, 9.17) is 4.74 Å². The lowest BCUT2D eigenvalue weighted by atomic mass is 9.79. The number of aryl methyl sites for hydroxylation is 1. The fourth-order valence-electron chi connectivity index (χ4n) is 3.17. The molecule has 0 saturated carbocycles. The van der Waals surface area contributed by atoms with Gasteiger partial charge in [0.05, 0.1) is 6.10 Å². The normalized spacial score (nSPS) is 29.3. The lowest BCUT2D eigenvalue weighted by molar-refractivity contribution is 0.329. The molecule has 1 aliphatic carbocycles. The predicted octanol–water partition coefficient (Wildman–Crippen LogP) is 3.28. The Bertz CT molecular complexity index is 561. The summed E-state index contributed by atoms with van der Waals surface area (Å²) in [6.07, 6.45) is 2.68. The summed E-state index contributed by atoms with van der Waals surface area (Å²) >= 11 is 0. The van der Waals surface area contributed by atoms with Crippen LogP contribution in [0, 0.1) is 0 Å². The van der Waals surface area contributed by atoms with E-state index in [1.807, 2.05) is 0 Å². The molecule has 0 bridgehead atoms. The zero-order valence-corrected chi connectivity index (χ0v) is 9.60. The van der Waals surface area contributed by atoms with E-state index < -0.39 is 0 Å². The number of hydrogen-bond donors (Lipinski definition) is 0. The van der Waals surface area contributed by atoms with Gasteiger partial charge in [-0.25, -0.2) is 0 Å². The highest BCUT2D eigenvalue weighted by Crippen LogP contribution is 2.56. The van der Waals surface area contributed by atoms with E-state index >= 15 is 0 Å². The first-order chi connectivity index (χ1) is 8.41. The summed E-state index contributed by atoms with van der Waals surface area (Å²) in [5, 5.41) is 0. The molecule has 2 atom stereocenters. The molecule has 0 aromatic heterocycles. The molecule has 17 heavy (non-hydrogen) atoms. The van der Waals surface area contributed by atoms with Gasteiger partial charge in [0.15, 0.2) is 0 Å². The molecule has 84 valence electrons. The summed E-state index contributed by atoms with van der Waals surface area (Å²) in [5.74, 6) is 0. The van der Waals surface area contributed by atoms with Gasteiger partial charge >= 0.3 is 0 Å². The van der Waals surface area contributed by atoms with Gasteiger partial charge in [-0.3, -0.25) is 0 Å². The molecule has 0 N–H and O–H groups in total. The third-order valence-corrected chi connectivity index (χ3v) is 4.02. The third kappa shape index (κ3) is 1.18. The van der Waals surface area contributed by atoms with Crippen molar-refractivity contribution in [3.05, 3.63) is 71.3 Å². The molecule has 0 radical (unpaired) electrons. The van der Waals surface area contributed by atoms with Crippen molar-refractivity contribution in [3.63, 3.8) is 0 Å². The average molecular weight is 222 g/mol. The van der Waals surface area contributed by atoms with Gasteiger partial charge in [0.2, 0.25) is 0 Å². The van der Waals surface area contributed by atoms with Crippen LogP contribution in [0.15, 0.2) is 54.6 Å². The van der Waals surface area contributed by atoms with Gasteiger partial charge in [-0.2, -0.15) is 0 Å². The summed E-state index contributed by atoms with van der Waals surface area (Å²) in [5.41, 5.74) is 4.00. The number of benzene rings is 2. The van der Waals surface area contributed by atoms with Gasteiger partial charge < -0.3 is 4.74 Å². The lowest BCUT2D eigenvalue weighted by Crippen LogP contribution is -2.21.